The van der Waals surface area contributed by atoms with Crippen molar-refractivity contribution in [3.8, 4) is 0 Å². The van der Waals surface area contributed by atoms with Crippen molar-refractivity contribution >= 4 is 0 Å². The number of ether oxygens (including phenoxy) is 9. The molecule has 5 aliphatic rings. The summed E-state index contributed by atoms with van der Waals surface area (Å²) in [5.41, 5.74) is 0. The second-order valence-electron chi connectivity index (χ2n) is 13.9. The molecule has 0 radical (unpaired) electrons. The van der Waals surface area contributed by atoms with Gasteiger partial charge in [0.15, 0.2) is 31.5 Å². The van der Waals surface area contributed by atoms with E-state index in [1.54, 1.807) is 0 Å². The van der Waals surface area contributed by atoms with Crippen molar-refractivity contribution < 1.29 is 129 Å². The molecule has 56 heavy (non-hydrogen) atoms. The molecule has 0 aromatic carbocycles. The van der Waals surface area contributed by atoms with Crippen LogP contribution in [0.2, 0.25) is 0 Å². The van der Waals surface area contributed by atoms with Gasteiger partial charge in [0, 0.05) is 0 Å². The van der Waals surface area contributed by atoms with Crippen LogP contribution in [-0.4, -0.2) is 273 Å². The third kappa shape index (κ3) is 9.16. The summed E-state index contributed by atoms with van der Waals surface area (Å²) in [4.78, 5) is 0. The van der Waals surface area contributed by atoms with Crippen LogP contribution in [-0.2, 0) is 42.6 Å². The Kier molecular flexibility index (Phi) is 16.1. The largest absolute Gasteiger partial charge is 0.394 e. The molecule has 0 aromatic rings. The van der Waals surface area contributed by atoms with Gasteiger partial charge in [0.25, 0.3) is 0 Å². The van der Waals surface area contributed by atoms with E-state index < -0.39 is 187 Å². The maximum atomic E-state index is 11.4. The Morgan fingerprint density at radius 1 is 0.268 bits per heavy atom. The van der Waals surface area contributed by atoms with E-state index in [-0.39, 0.29) is 0 Å². The lowest BCUT2D eigenvalue weighted by Gasteiger charge is -2.51. The average Bonchev–Trinajstić information content (AvgIpc) is 3.19. The summed E-state index contributed by atoms with van der Waals surface area (Å²) in [6, 6.07) is 0. The zero-order chi connectivity index (χ0) is 41.3. The Balaban J connectivity index is 1.51. The number of hydrogen-bond acceptors (Lipinski definition) is 26. The monoisotopic (exact) mass is 828 g/mol. The number of rotatable bonds is 13. The second-order valence-corrected chi connectivity index (χ2v) is 13.9. The zero-order valence-electron chi connectivity index (χ0n) is 29.2. The van der Waals surface area contributed by atoms with Gasteiger partial charge in [0.05, 0.1) is 33.0 Å². The summed E-state index contributed by atoms with van der Waals surface area (Å²) in [6.07, 6.45) is -48.6. The average molecular weight is 829 g/mol. The molecule has 0 saturated carbocycles. The molecule has 0 aromatic heterocycles. The van der Waals surface area contributed by atoms with Gasteiger partial charge in [-0.15, -0.1) is 0 Å². The Hall–Kier alpha value is -1.04. The minimum absolute atomic E-state index is 0.843. The lowest BCUT2D eigenvalue weighted by atomic mass is 9.95. The maximum Gasteiger partial charge on any atom is 0.187 e. The van der Waals surface area contributed by atoms with E-state index in [0.717, 1.165) is 0 Å². The van der Waals surface area contributed by atoms with Crippen LogP contribution in [0.15, 0.2) is 0 Å². The number of aliphatic hydroxyl groups excluding tert-OH is 17. The van der Waals surface area contributed by atoms with Crippen LogP contribution in [0.4, 0.5) is 0 Å². The van der Waals surface area contributed by atoms with Crippen LogP contribution in [0.1, 0.15) is 0 Å². The van der Waals surface area contributed by atoms with Gasteiger partial charge in [-0.1, -0.05) is 0 Å². The molecule has 0 bridgehead atoms. The fourth-order valence-corrected chi connectivity index (χ4v) is 6.96. The highest BCUT2D eigenvalue weighted by Gasteiger charge is 2.58. The molecule has 0 amide bonds. The summed E-state index contributed by atoms with van der Waals surface area (Å²) in [7, 11) is 0. The lowest BCUT2D eigenvalue weighted by molar-refractivity contribution is -0.416. The second kappa shape index (κ2) is 19.6. The molecular formula is C30H52O26. The zero-order valence-corrected chi connectivity index (χ0v) is 29.2. The lowest BCUT2D eigenvalue weighted by Crippen LogP contribution is -2.69. The van der Waals surface area contributed by atoms with Gasteiger partial charge < -0.3 is 129 Å². The van der Waals surface area contributed by atoms with E-state index in [1.807, 2.05) is 0 Å². The fraction of sp³-hybridized carbons (Fsp3) is 1.00. The van der Waals surface area contributed by atoms with Crippen LogP contribution in [0.25, 0.3) is 0 Å². The predicted octanol–water partition coefficient (Wildman–Crippen LogP) is -11.9. The van der Waals surface area contributed by atoms with Gasteiger partial charge in [-0.3, -0.25) is 0 Å². The van der Waals surface area contributed by atoms with Crippen molar-refractivity contribution in [1.82, 2.24) is 0 Å². The minimum atomic E-state index is -2.16. The highest BCUT2D eigenvalue weighted by Crippen LogP contribution is 2.37. The first-order chi connectivity index (χ1) is 26.5. The first kappa shape index (κ1) is 46.0. The molecule has 0 spiro atoms. The highest BCUT2D eigenvalue weighted by atomic mass is 16.8. The summed E-state index contributed by atoms with van der Waals surface area (Å²) in [5, 5.41) is 177. The summed E-state index contributed by atoms with van der Waals surface area (Å²) in [6.45, 7) is -4.69. The maximum absolute atomic E-state index is 11.4. The Labute approximate surface area is 316 Å². The quantitative estimate of drug-likeness (QED) is 0.0819. The highest BCUT2D eigenvalue weighted by molar-refractivity contribution is 4.99. The normalized spacial score (nSPS) is 53.2. The van der Waals surface area contributed by atoms with E-state index in [0.29, 0.717) is 0 Å². The van der Waals surface area contributed by atoms with Crippen LogP contribution in [0.5, 0.6) is 0 Å². The van der Waals surface area contributed by atoms with Crippen molar-refractivity contribution in [3.63, 3.8) is 0 Å². The van der Waals surface area contributed by atoms with E-state index in [4.69, 9.17) is 42.6 Å². The van der Waals surface area contributed by atoms with E-state index in [1.165, 1.54) is 0 Å². The molecular weight excluding hydrogens is 776 g/mol. The SMILES string of the molecule is OC[C@H]1O[C@H](O[C@@H]2[C@@H](O[C@@H]3[C@@H](O[C@H]4[C@@H](O)[C@H](O)[C@@H](CO)O[C@@H]4O)O[C@H](CO)[C@@H](O)[C@@H]3O)O[C@H](CO)[C@@H](O)[C@@H]2O[C@H]2O[C@H](CO)[C@H](O)[C@H](O)[C@H]2O)[C@H](O)[C@@H](O)[C@H]1O. The number of aliphatic hydroxyl groups is 17. The third-order valence-corrected chi connectivity index (χ3v) is 10.3. The van der Waals surface area contributed by atoms with Gasteiger partial charge >= 0.3 is 0 Å². The van der Waals surface area contributed by atoms with E-state index in [9.17, 15) is 86.8 Å². The summed E-state index contributed by atoms with van der Waals surface area (Å²) in [5.74, 6) is 0. The van der Waals surface area contributed by atoms with Crippen molar-refractivity contribution in [2.45, 2.75) is 154 Å². The van der Waals surface area contributed by atoms with Crippen molar-refractivity contribution in [2.75, 3.05) is 33.0 Å². The molecule has 0 unspecified atom stereocenters. The van der Waals surface area contributed by atoms with Gasteiger partial charge in [0.1, 0.15) is 122 Å². The first-order valence-corrected chi connectivity index (χ1v) is 17.6. The molecule has 26 heteroatoms. The van der Waals surface area contributed by atoms with Crippen molar-refractivity contribution in [2.24, 2.45) is 0 Å². The molecule has 26 nitrogen and oxygen atoms in total. The molecule has 5 heterocycles. The van der Waals surface area contributed by atoms with Gasteiger partial charge in [-0.05, 0) is 0 Å². The van der Waals surface area contributed by atoms with E-state index in [2.05, 4.69) is 0 Å². The van der Waals surface area contributed by atoms with E-state index >= 15 is 0 Å². The standard InChI is InChI=1S/C30H52O26/c31-1-6-13(38)18(43)23(26(47)48-6)54-29-24(19(44)14(39)9(4-34)51-29)55-30-25(56-28-21(46)17(42)12(37)8(3-33)50-28)22(15(40)10(5-35)52-30)53-27-20(45)16(41)11(36)7(2-32)49-27/h6-47H,1-5H2/t6-,7-,8-,9-,10-,11+,12+,13-,14-,15-,16+,17+,18+,19+,20-,21-,22+,23+,24+,25+,26+,27-,28-,29-,30-/m1/s1. The summed E-state index contributed by atoms with van der Waals surface area (Å²) < 4.78 is 50.5. The van der Waals surface area contributed by atoms with Gasteiger partial charge in [-0.2, -0.15) is 0 Å². The summed E-state index contributed by atoms with van der Waals surface area (Å²) >= 11 is 0. The van der Waals surface area contributed by atoms with Gasteiger partial charge in [-0.25, -0.2) is 0 Å². The molecule has 5 rings (SSSR count). The van der Waals surface area contributed by atoms with Crippen LogP contribution in [0.3, 0.4) is 0 Å². The van der Waals surface area contributed by atoms with Gasteiger partial charge in [0.2, 0.25) is 0 Å². The molecule has 17 N–H and O–H groups in total. The number of hydrogen-bond donors (Lipinski definition) is 17. The van der Waals surface area contributed by atoms with Crippen LogP contribution < -0.4 is 0 Å². The molecule has 25 atom stereocenters. The third-order valence-electron chi connectivity index (χ3n) is 10.3. The molecule has 5 aliphatic heterocycles. The first-order valence-electron chi connectivity index (χ1n) is 17.6. The van der Waals surface area contributed by atoms with Crippen LogP contribution >= 0.6 is 0 Å². The molecule has 0 aliphatic carbocycles. The molecule has 5 fully saturated rings. The molecule has 328 valence electrons. The van der Waals surface area contributed by atoms with Crippen molar-refractivity contribution in [1.29, 1.82) is 0 Å². The Morgan fingerprint density at radius 2 is 0.571 bits per heavy atom. The Morgan fingerprint density at radius 3 is 1.02 bits per heavy atom. The fourth-order valence-electron chi connectivity index (χ4n) is 6.96. The topological polar surface area (TPSA) is 427 Å². The molecule has 5 saturated heterocycles. The van der Waals surface area contributed by atoms with Crippen molar-refractivity contribution in [3.05, 3.63) is 0 Å². The van der Waals surface area contributed by atoms with Crippen LogP contribution in [0, 0.1) is 0 Å². The smallest absolute Gasteiger partial charge is 0.187 e. The minimum Gasteiger partial charge on any atom is -0.394 e. The predicted molar refractivity (Wildman–Crippen MR) is 167 cm³/mol. The Bertz CT molecular complexity index is 1200.